The highest BCUT2D eigenvalue weighted by Gasteiger charge is 2.35. The normalized spacial score (nSPS) is 27.3. The summed E-state index contributed by atoms with van der Waals surface area (Å²) in [6.45, 7) is 7.92. The molecule has 0 spiro atoms. The van der Waals surface area contributed by atoms with Gasteiger partial charge in [-0.1, -0.05) is 103 Å². The van der Waals surface area contributed by atoms with Crippen molar-refractivity contribution in [3.05, 3.63) is 141 Å². The molecule has 0 saturated heterocycles. The van der Waals surface area contributed by atoms with Crippen molar-refractivity contribution in [1.82, 2.24) is 0 Å². The van der Waals surface area contributed by atoms with Crippen LogP contribution >= 0.6 is 0 Å². The topological polar surface area (TPSA) is 38.0 Å². The Bertz CT molecular complexity index is 1730. The van der Waals surface area contributed by atoms with Crippen molar-refractivity contribution < 1.29 is 0 Å². The van der Waals surface area contributed by atoms with Crippen molar-refractivity contribution in [1.29, 1.82) is 0 Å². The lowest BCUT2D eigenvalue weighted by Crippen LogP contribution is -2.27. The third-order valence-corrected chi connectivity index (χ3v) is 13.1. The summed E-state index contributed by atoms with van der Waals surface area (Å²) in [5, 5.41) is 3.88. The highest BCUT2D eigenvalue weighted by molar-refractivity contribution is 5.63. The zero-order valence-corrected chi connectivity index (χ0v) is 31.4. The summed E-state index contributed by atoms with van der Waals surface area (Å²) in [5.74, 6) is 2.44. The van der Waals surface area contributed by atoms with Crippen LogP contribution in [0.1, 0.15) is 114 Å². The maximum atomic E-state index is 6.12. The number of anilines is 1. The number of hydrogen-bond donors (Lipinski definition) is 2. The molecule has 0 bridgehead atoms. The van der Waals surface area contributed by atoms with Crippen molar-refractivity contribution in [3.63, 3.8) is 0 Å². The van der Waals surface area contributed by atoms with Gasteiger partial charge in [0.15, 0.2) is 0 Å². The lowest BCUT2D eigenvalue weighted by atomic mass is 9.64. The van der Waals surface area contributed by atoms with Crippen LogP contribution in [0.25, 0.3) is 6.08 Å². The number of fused-ring (bicyclic) bond motifs is 2. The monoisotopic (exact) mass is 678 g/mol. The zero-order chi connectivity index (χ0) is 35.0. The van der Waals surface area contributed by atoms with Gasteiger partial charge in [-0.05, 0) is 172 Å². The van der Waals surface area contributed by atoms with Crippen LogP contribution in [0, 0.1) is 23.7 Å². The first-order chi connectivity index (χ1) is 25.1. The van der Waals surface area contributed by atoms with Crippen molar-refractivity contribution in [3.8, 4) is 0 Å². The molecule has 3 N–H and O–H groups in total. The molecule has 2 heteroatoms. The van der Waals surface area contributed by atoms with Crippen LogP contribution in [0.15, 0.2) is 130 Å². The number of rotatable bonds is 11. The Morgan fingerprint density at radius 2 is 1.78 bits per heavy atom. The summed E-state index contributed by atoms with van der Waals surface area (Å²) < 4.78 is 0. The maximum absolute atomic E-state index is 6.12. The van der Waals surface area contributed by atoms with Gasteiger partial charge in [0, 0.05) is 24.7 Å². The minimum atomic E-state index is 0.487. The van der Waals surface area contributed by atoms with Gasteiger partial charge in [0.1, 0.15) is 0 Å². The first-order valence-electron chi connectivity index (χ1n) is 20.5. The minimum absolute atomic E-state index is 0.487. The van der Waals surface area contributed by atoms with E-state index >= 15 is 0 Å². The Balaban J connectivity index is 1.13. The van der Waals surface area contributed by atoms with E-state index in [2.05, 4.69) is 97.8 Å². The molecule has 4 unspecified atom stereocenters. The molecule has 4 atom stereocenters. The fourth-order valence-corrected chi connectivity index (χ4v) is 10.2. The van der Waals surface area contributed by atoms with Crippen LogP contribution in [0.2, 0.25) is 0 Å². The largest absolute Gasteiger partial charge is 0.381 e. The molecule has 0 aliphatic heterocycles. The molecule has 7 rings (SSSR count). The number of allylic oxidation sites excluding steroid dienone is 16. The van der Waals surface area contributed by atoms with E-state index in [0.29, 0.717) is 30.2 Å². The molecule has 0 heterocycles. The van der Waals surface area contributed by atoms with Gasteiger partial charge in [0.2, 0.25) is 0 Å². The zero-order valence-electron chi connectivity index (χ0n) is 31.4. The molecular formula is C49H62N2. The molecular weight excluding hydrogens is 617 g/mol. The van der Waals surface area contributed by atoms with Gasteiger partial charge in [0.05, 0.1) is 0 Å². The van der Waals surface area contributed by atoms with Crippen LogP contribution in [0.5, 0.6) is 0 Å². The Labute approximate surface area is 309 Å². The van der Waals surface area contributed by atoms with Crippen LogP contribution in [0.3, 0.4) is 0 Å². The molecule has 1 aromatic rings. The van der Waals surface area contributed by atoms with E-state index in [0.717, 1.165) is 25.8 Å². The summed E-state index contributed by atoms with van der Waals surface area (Å²) >= 11 is 0. The molecule has 51 heavy (non-hydrogen) atoms. The Kier molecular flexibility index (Phi) is 12.1. The van der Waals surface area contributed by atoms with Crippen molar-refractivity contribution in [2.24, 2.45) is 29.4 Å². The van der Waals surface area contributed by atoms with Crippen LogP contribution in [0.4, 0.5) is 5.69 Å². The summed E-state index contributed by atoms with van der Waals surface area (Å²) in [5.41, 5.74) is 23.1. The van der Waals surface area contributed by atoms with E-state index in [4.69, 9.17) is 5.73 Å². The predicted molar refractivity (Wildman–Crippen MR) is 220 cm³/mol. The Hall–Kier alpha value is -3.62. The smallest absolute Gasteiger partial charge is 0.0369 e. The standard InChI is InChI=1S/C49H62N2/c1-3-12-43(33-50)38-23-25-39(26-24-38)47-30-29-46(48-19-9-10-20-49(47)48)35(2)21-22-44(34-51-45-28-27-37-15-7-8-16-42(37)32-45)41-18-11-17-40(31-41)36-13-5-4-6-14-36/h3-5,8,12-13,16,21-22,25,27-28,31-32,38,41,46,48,51H,1,6-7,9-11,14-15,17-20,23-24,26,29-30,33-34,50H2,2H3/b35-21+,43-12+,44-22+. The fourth-order valence-electron chi connectivity index (χ4n) is 10.2. The third-order valence-electron chi connectivity index (χ3n) is 13.1. The maximum Gasteiger partial charge on any atom is 0.0369 e. The van der Waals surface area contributed by atoms with Crippen molar-refractivity contribution in [2.75, 3.05) is 18.4 Å². The molecule has 268 valence electrons. The molecule has 1 saturated carbocycles. The van der Waals surface area contributed by atoms with E-state index in [1.54, 1.807) is 27.9 Å². The van der Waals surface area contributed by atoms with E-state index in [1.165, 1.54) is 111 Å². The molecule has 6 aliphatic carbocycles. The van der Waals surface area contributed by atoms with E-state index in [9.17, 15) is 0 Å². The summed E-state index contributed by atoms with van der Waals surface area (Å²) in [6.07, 6.45) is 45.8. The Morgan fingerprint density at radius 1 is 0.863 bits per heavy atom. The summed E-state index contributed by atoms with van der Waals surface area (Å²) in [6, 6.07) is 6.99. The quantitative estimate of drug-likeness (QED) is 0.229. The van der Waals surface area contributed by atoms with E-state index in [1.807, 2.05) is 11.6 Å². The van der Waals surface area contributed by atoms with E-state index in [-0.39, 0.29) is 0 Å². The number of aryl methyl sites for hydroxylation is 1. The van der Waals surface area contributed by atoms with Gasteiger partial charge in [-0.2, -0.15) is 0 Å². The minimum Gasteiger partial charge on any atom is -0.381 e. The molecule has 1 fully saturated rings. The second kappa shape index (κ2) is 17.3. The molecule has 6 aliphatic rings. The van der Waals surface area contributed by atoms with Crippen molar-refractivity contribution in [2.45, 2.75) is 110 Å². The van der Waals surface area contributed by atoms with Gasteiger partial charge in [-0.25, -0.2) is 0 Å². The molecule has 2 nitrogen and oxygen atoms in total. The highest BCUT2D eigenvalue weighted by atomic mass is 14.9. The Morgan fingerprint density at radius 3 is 2.61 bits per heavy atom. The fraction of sp³-hybridized carbons (Fsp3) is 0.469. The first kappa shape index (κ1) is 35.8. The second-order valence-electron chi connectivity index (χ2n) is 16.1. The summed E-state index contributed by atoms with van der Waals surface area (Å²) in [4.78, 5) is 0. The average molecular weight is 679 g/mol. The van der Waals surface area contributed by atoms with Gasteiger partial charge in [0.25, 0.3) is 0 Å². The van der Waals surface area contributed by atoms with Crippen LogP contribution in [-0.2, 0) is 6.42 Å². The van der Waals surface area contributed by atoms with Crippen molar-refractivity contribution >= 4 is 11.8 Å². The predicted octanol–water partition coefficient (Wildman–Crippen LogP) is 12.6. The number of nitrogens with one attached hydrogen (secondary N) is 1. The van der Waals surface area contributed by atoms with Gasteiger partial charge in [-0.3, -0.25) is 0 Å². The molecule has 1 aromatic carbocycles. The van der Waals surface area contributed by atoms with Crippen LogP contribution in [-0.4, -0.2) is 13.1 Å². The lowest BCUT2D eigenvalue weighted by Gasteiger charge is -2.41. The highest BCUT2D eigenvalue weighted by Crippen LogP contribution is 2.49. The van der Waals surface area contributed by atoms with E-state index < -0.39 is 0 Å². The molecule has 0 radical (unpaired) electrons. The lowest BCUT2D eigenvalue weighted by molar-refractivity contribution is 0.312. The molecule has 0 amide bonds. The third kappa shape index (κ3) is 8.55. The first-order valence-corrected chi connectivity index (χ1v) is 20.5. The SMILES string of the molecule is C=C/C=C(\CN)C1CC=C(C2=C3CCCCC3C(/C(C)=C/C=C(\CNc3ccc4c(c3)C=CCC4)C3C=C(C4=CC=CCC4)CCC3)CC2)CC1. The molecule has 0 aromatic heterocycles. The number of nitrogens with two attached hydrogens (primary N) is 1. The number of benzene rings is 1. The van der Waals surface area contributed by atoms with Gasteiger partial charge >= 0.3 is 0 Å². The second-order valence-corrected chi connectivity index (χ2v) is 16.1. The van der Waals surface area contributed by atoms with Crippen LogP contribution < -0.4 is 11.1 Å². The van der Waals surface area contributed by atoms with Gasteiger partial charge < -0.3 is 11.1 Å². The summed E-state index contributed by atoms with van der Waals surface area (Å²) in [7, 11) is 0. The number of hydrogen-bond acceptors (Lipinski definition) is 2. The van der Waals surface area contributed by atoms with Gasteiger partial charge in [-0.15, -0.1) is 0 Å². The average Bonchev–Trinajstić information content (AvgIpc) is 3.20.